The largest absolute Gasteiger partial charge is 0.459 e. The molecule has 0 aliphatic carbocycles. The number of carbonyl (C=O) groups is 1. The Bertz CT molecular complexity index is 1030. The molecule has 0 bridgehead atoms. The molecule has 1 aromatic heterocycles. The van der Waals surface area contributed by atoms with Crippen LogP contribution in [0.4, 0.5) is 0 Å². The monoisotopic (exact) mass is 357 g/mol. The number of benzene rings is 2. The van der Waals surface area contributed by atoms with Crippen molar-refractivity contribution in [2.45, 2.75) is 24.8 Å². The molecule has 3 rings (SSSR count). The molecular weight excluding hydrogens is 338 g/mol. The lowest BCUT2D eigenvalue weighted by atomic mass is 10.1. The number of fused-ring (bicyclic) bond motifs is 1. The average molecular weight is 357 g/mol. The first-order valence-electron chi connectivity index (χ1n) is 7.86. The lowest BCUT2D eigenvalue weighted by Gasteiger charge is -2.13. The predicted octanol–water partition coefficient (Wildman–Crippen LogP) is 3.64. The van der Waals surface area contributed by atoms with Crippen LogP contribution in [-0.4, -0.2) is 20.6 Å². The van der Waals surface area contributed by atoms with Crippen LogP contribution in [0.25, 0.3) is 11.0 Å². The molecule has 1 atom stereocenters. The number of sulfone groups is 1. The Kier molecular flexibility index (Phi) is 4.39. The van der Waals surface area contributed by atoms with Gasteiger partial charge in [0.2, 0.25) is 0 Å². The minimum Gasteiger partial charge on any atom is -0.459 e. The lowest BCUT2D eigenvalue weighted by Crippen LogP contribution is -2.26. The molecule has 0 spiro atoms. The van der Waals surface area contributed by atoms with Gasteiger partial charge in [0.25, 0.3) is 5.91 Å². The molecular formula is C19H19NO4S. The van der Waals surface area contributed by atoms with Gasteiger partial charge in [-0.25, -0.2) is 8.42 Å². The quantitative estimate of drug-likeness (QED) is 0.773. The molecule has 0 saturated carbocycles. The number of hydrogen-bond acceptors (Lipinski definition) is 4. The standard InChI is InChI=1S/C19H19NO4S/c1-12-16-6-4-5-7-17(16)24-18(12)13(2)20-19(21)14-8-10-15(11-9-14)25(3,22)23/h4-11,13H,1-3H3,(H,20,21)/t13-/m1/s1. The fourth-order valence-corrected chi connectivity index (χ4v) is 3.44. The Balaban J connectivity index is 1.81. The Hall–Kier alpha value is -2.60. The van der Waals surface area contributed by atoms with Crippen LogP contribution >= 0.6 is 0 Å². The van der Waals surface area contributed by atoms with E-state index in [4.69, 9.17) is 4.42 Å². The number of furan rings is 1. The fraction of sp³-hybridized carbons (Fsp3) is 0.211. The Labute approximate surface area is 146 Å². The molecule has 25 heavy (non-hydrogen) atoms. The highest BCUT2D eigenvalue weighted by molar-refractivity contribution is 7.90. The molecule has 0 aliphatic rings. The second-order valence-corrected chi connectivity index (χ2v) is 8.09. The number of carbonyl (C=O) groups excluding carboxylic acids is 1. The third-order valence-corrected chi connectivity index (χ3v) is 5.29. The molecule has 3 aromatic rings. The van der Waals surface area contributed by atoms with Crippen molar-refractivity contribution in [2.75, 3.05) is 6.26 Å². The zero-order valence-corrected chi connectivity index (χ0v) is 15.1. The third-order valence-electron chi connectivity index (χ3n) is 4.17. The van der Waals surface area contributed by atoms with E-state index in [1.54, 1.807) is 0 Å². The Morgan fingerprint density at radius 3 is 2.32 bits per heavy atom. The van der Waals surface area contributed by atoms with Gasteiger partial charge in [0, 0.05) is 22.8 Å². The van der Waals surface area contributed by atoms with Crippen molar-refractivity contribution in [2.24, 2.45) is 0 Å². The summed E-state index contributed by atoms with van der Waals surface area (Å²) in [7, 11) is -3.28. The first-order chi connectivity index (χ1) is 11.8. The van der Waals surface area contributed by atoms with Crippen molar-refractivity contribution >= 4 is 26.7 Å². The lowest BCUT2D eigenvalue weighted by molar-refractivity contribution is 0.0935. The number of amides is 1. The zero-order valence-electron chi connectivity index (χ0n) is 14.2. The minimum absolute atomic E-state index is 0.185. The predicted molar refractivity (Wildman–Crippen MR) is 96.4 cm³/mol. The summed E-state index contributed by atoms with van der Waals surface area (Å²) in [5.41, 5.74) is 2.18. The summed E-state index contributed by atoms with van der Waals surface area (Å²) in [5.74, 6) is 0.426. The second-order valence-electron chi connectivity index (χ2n) is 6.08. The van der Waals surface area contributed by atoms with Gasteiger partial charge in [0.05, 0.1) is 10.9 Å². The van der Waals surface area contributed by atoms with Crippen LogP contribution in [-0.2, 0) is 9.84 Å². The van der Waals surface area contributed by atoms with Crippen molar-refractivity contribution in [1.29, 1.82) is 0 Å². The molecule has 0 aliphatic heterocycles. The number of rotatable bonds is 4. The molecule has 5 nitrogen and oxygen atoms in total. The van der Waals surface area contributed by atoms with E-state index in [0.717, 1.165) is 22.8 Å². The summed E-state index contributed by atoms with van der Waals surface area (Å²) < 4.78 is 28.8. The van der Waals surface area contributed by atoms with Gasteiger partial charge < -0.3 is 9.73 Å². The van der Waals surface area contributed by atoms with Gasteiger partial charge in [0.15, 0.2) is 9.84 Å². The third kappa shape index (κ3) is 3.44. The maximum absolute atomic E-state index is 12.4. The molecule has 1 amide bonds. The maximum Gasteiger partial charge on any atom is 0.251 e. The number of para-hydroxylation sites is 1. The topological polar surface area (TPSA) is 76.4 Å². The van der Waals surface area contributed by atoms with E-state index in [-0.39, 0.29) is 16.8 Å². The van der Waals surface area contributed by atoms with Crippen LogP contribution in [0.15, 0.2) is 57.8 Å². The van der Waals surface area contributed by atoms with Gasteiger partial charge in [-0.2, -0.15) is 0 Å². The Morgan fingerprint density at radius 2 is 1.72 bits per heavy atom. The van der Waals surface area contributed by atoms with Crippen LogP contribution in [0.3, 0.4) is 0 Å². The molecule has 2 aromatic carbocycles. The first kappa shape index (κ1) is 17.2. The number of aryl methyl sites for hydroxylation is 1. The van der Waals surface area contributed by atoms with Crippen molar-refractivity contribution in [3.8, 4) is 0 Å². The molecule has 1 N–H and O–H groups in total. The maximum atomic E-state index is 12.4. The van der Waals surface area contributed by atoms with Crippen LogP contribution in [0, 0.1) is 6.92 Å². The normalized spacial score (nSPS) is 12.9. The van der Waals surface area contributed by atoms with E-state index in [1.807, 2.05) is 38.1 Å². The smallest absolute Gasteiger partial charge is 0.251 e. The van der Waals surface area contributed by atoms with Crippen LogP contribution in [0.1, 0.15) is 34.6 Å². The Morgan fingerprint density at radius 1 is 1.08 bits per heavy atom. The van der Waals surface area contributed by atoms with Crippen molar-refractivity contribution in [1.82, 2.24) is 5.32 Å². The van der Waals surface area contributed by atoms with E-state index < -0.39 is 9.84 Å². The average Bonchev–Trinajstić information content (AvgIpc) is 2.91. The van der Waals surface area contributed by atoms with Gasteiger partial charge >= 0.3 is 0 Å². The fourth-order valence-electron chi connectivity index (χ4n) is 2.81. The molecule has 1 heterocycles. The summed E-state index contributed by atoms with van der Waals surface area (Å²) in [6, 6.07) is 13.3. The summed E-state index contributed by atoms with van der Waals surface area (Å²) >= 11 is 0. The first-order valence-corrected chi connectivity index (χ1v) is 9.75. The molecule has 0 unspecified atom stereocenters. The number of hydrogen-bond donors (Lipinski definition) is 1. The van der Waals surface area contributed by atoms with Gasteiger partial charge in [-0.3, -0.25) is 4.79 Å². The summed E-state index contributed by atoms with van der Waals surface area (Å²) in [5, 5.41) is 3.91. The SMILES string of the molecule is Cc1c([C@@H](C)NC(=O)c2ccc(S(C)(=O)=O)cc2)oc2ccccc12. The van der Waals surface area contributed by atoms with Crippen LogP contribution < -0.4 is 5.32 Å². The zero-order chi connectivity index (χ0) is 18.2. The van der Waals surface area contributed by atoms with Crippen LogP contribution in [0.5, 0.6) is 0 Å². The molecule has 6 heteroatoms. The summed E-state index contributed by atoms with van der Waals surface area (Å²) in [4.78, 5) is 12.6. The summed E-state index contributed by atoms with van der Waals surface area (Å²) in [6.07, 6.45) is 1.13. The highest BCUT2D eigenvalue weighted by Gasteiger charge is 2.19. The van der Waals surface area contributed by atoms with Gasteiger partial charge in [-0.1, -0.05) is 18.2 Å². The van der Waals surface area contributed by atoms with E-state index in [1.165, 1.54) is 24.3 Å². The van der Waals surface area contributed by atoms with Gasteiger partial charge in [-0.05, 0) is 44.2 Å². The van der Waals surface area contributed by atoms with Gasteiger partial charge in [0.1, 0.15) is 11.3 Å². The van der Waals surface area contributed by atoms with Crippen molar-refractivity contribution in [3.05, 3.63) is 65.4 Å². The molecule has 0 fully saturated rings. The highest BCUT2D eigenvalue weighted by Crippen LogP contribution is 2.29. The van der Waals surface area contributed by atoms with Crippen molar-refractivity contribution < 1.29 is 17.6 Å². The molecule has 130 valence electrons. The highest BCUT2D eigenvalue weighted by atomic mass is 32.2. The second kappa shape index (κ2) is 6.37. The molecule has 0 radical (unpaired) electrons. The van der Waals surface area contributed by atoms with E-state index in [0.29, 0.717) is 11.3 Å². The van der Waals surface area contributed by atoms with E-state index in [9.17, 15) is 13.2 Å². The minimum atomic E-state index is -3.28. The van der Waals surface area contributed by atoms with Gasteiger partial charge in [-0.15, -0.1) is 0 Å². The summed E-state index contributed by atoms with van der Waals surface area (Å²) in [6.45, 7) is 3.82. The van der Waals surface area contributed by atoms with Crippen LogP contribution in [0.2, 0.25) is 0 Å². The molecule has 0 saturated heterocycles. The number of nitrogens with one attached hydrogen (secondary N) is 1. The van der Waals surface area contributed by atoms with E-state index in [2.05, 4.69) is 5.32 Å². The van der Waals surface area contributed by atoms with Crippen molar-refractivity contribution in [3.63, 3.8) is 0 Å². The van der Waals surface area contributed by atoms with E-state index >= 15 is 0 Å².